The summed E-state index contributed by atoms with van der Waals surface area (Å²) in [6.07, 6.45) is 5.92. The molecule has 24 heavy (non-hydrogen) atoms. The number of likely N-dealkylation sites (tertiary alicyclic amines) is 1. The largest absolute Gasteiger partial charge is 0.354 e. The van der Waals surface area contributed by atoms with E-state index in [9.17, 15) is 4.79 Å². The standard InChI is InChI=1S/C19H24N4O/c1-2-10-22-11-5-8-19(18(22)24)9-12-23(14-19)17-13-20-15-6-3-4-7-16(15)21-17/h3-4,6-7,13H,2,5,8-12,14H2,1H3. The summed E-state index contributed by atoms with van der Waals surface area (Å²) in [7, 11) is 0. The maximum absolute atomic E-state index is 13.0. The van der Waals surface area contributed by atoms with Gasteiger partial charge in [0, 0.05) is 26.2 Å². The first-order valence-corrected chi connectivity index (χ1v) is 8.98. The lowest BCUT2D eigenvalue weighted by Gasteiger charge is -2.39. The topological polar surface area (TPSA) is 49.3 Å². The Balaban J connectivity index is 1.57. The van der Waals surface area contributed by atoms with Crippen LogP contribution in [0.5, 0.6) is 0 Å². The highest BCUT2D eigenvalue weighted by Gasteiger charge is 2.48. The quantitative estimate of drug-likeness (QED) is 0.871. The van der Waals surface area contributed by atoms with Crippen molar-refractivity contribution in [2.75, 3.05) is 31.1 Å². The summed E-state index contributed by atoms with van der Waals surface area (Å²) in [6, 6.07) is 7.93. The first-order valence-electron chi connectivity index (χ1n) is 8.98. The number of benzene rings is 1. The van der Waals surface area contributed by atoms with Crippen LogP contribution in [0.4, 0.5) is 5.82 Å². The number of carbonyl (C=O) groups is 1. The molecule has 0 saturated carbocycles. The van der Waals surface area contributed by atoms with Crippen LogP contribution >= 0.6 is 0 Å². The molecule has 4 rings (SSSR count). The number of carbonyl (C=O) groups excluding carboxylic acids is 1. The van der Waals surface area contributed by atoms with Crippen LogP contribution in [-0.4, -0.2) is 47.0 Å². The van der Waals surface area contributed by atoms with E-state index in [2.05, 4.69) is 21.7 Å². The molecule has 5 heteroatoms. The van der Waals surface area contributed by atoms with E-state index >= 15 is 0 Å². The maximum Gasteiger partial charge on any atom is 0.230 e. The predicted octanol–water partition coefficient (Wildman–Crippen LogP) is 2.86. The molecule has 2 aliphatic heterocycles. The molecule has 2 saturated heterocycles. The minimum atomic E-state index is -0.208. The summed E-state index contributed by atoms with van der Waals surface area (Å²) in [6.45, 7) is 5.61. The van der Waals surface area contributed by atoms with Crippen molar-refractivity contribution in [1.29, 1.82) is 0 Å². The monoisotopic (exact) mass is 324 g/mol. The molecule has 0 aliphatic carbocycles. The molecule has 3 heterocycles. The van der Waals surface area contributed by atoms with E-state index < -0.39 is 0 Å². The minimum absolute atomic E-state index is 0.208. The molecule has 1 spiro atoms. The number of para-hydroxylation sites is 2. The molecule has 0 radical (unpaired) electrons. The van der Waals surface area contributed by atoms with Gasteiger partial charge in [0.1, 0.15) is 5.82 Å². The van der Waals surface area contributed by atoms with Gasteiger partial charge in [-0.3, -0.25) is 9.78 Å². The van der Waals surface area contributed by atoms with Gasteiger partial charge in [0.05, 0.1) is 22.6 Å². The minimum Gasteiger partial charge on any atom is -0.354 e. The van der Waals surface area contributed by atoms with Crippen molar-refractivity contribution >= 4 is 22.8 Å². The zero-order valence-corrected chi connectivity index (χ0v) is 14.2. The molecule has 0 bridgehead atoms. The normalized spacial score (nSPS) is 24.3. The molecule has 1 unspecified atom stereocenters. The Hall–Kier alpha value is -2.17. The molecule has 2 fully saturated rings. The Morgan fingerprint density at radius 2 is 2.00 bits per heavy atom. The average Bonchev–Trinajstić information content (AvgIpc) is 3.04. The van der Waals surface area contributed by atoms with Gasteiger partial charge >= 0.3 is 0 Å². The Morgan fingerprint density at radius 3 is 2.83 bits per heavy atom. The van der Waals surface area contributed by atoms with Crippen LogP contribution in [0, 0.1) is 5.41 Å². The number of anilines is 1. The van der Waals surface area contributed by atoms with Crippen molar-refractivity contribution in [1.82, 2.24) is 14.9 Å². The maximum atomic E-state index is 13.0. The number of piperidine rings is 1. The Kier molecular flexibility index (Phi) is 3.87. The number of nitrogens with zero attached hydrogens (tertiary/aromatic N) is 4. The van der Waals surface area contributed by atoms with Crippen LogP contribution < -0.4 is 4.90 Å². The lowest BCUT2D eigenvalue weighted by atomic mass is 9.78. The molecule has 126 valence electrons. The van der Waals surface area contributed by atoms with Gasteiger partial charge < -0.3 is 9.80 Å². The number of aromatic nitrogens is 2. The molecule has 1 atom stereocenters. The number of amides is 1. The van der Waals surface area contributed by atoms with E-state index in [1.54, 1.807) is 0 Å². The highest BCUT2D eigenvalue weighted by Crippen LogP contribution is 2.41. The molecule has 1 amide bonds. The summed E-state index contributed by atoms with van der Waals surface area (Å²) in [4.78, 5) is 26.6. The third-order valence-corrected chi connectivity index (χ3v) is 5.43. The third kappa shape index (κ3) is 2.52. The van der Waals surface area contributed by atoms with Crippen LogP contribution in [0.2, 0.25) is 0 Å². The molecular weight excluding hydrogens is 300 g/mol. The Labute approximate surface area is 142 Å². The smallest absolute Gasteiger partial charge is 0.230 e. The average molecular weight is 324 g/mol. The van der Waals surface area contributed by atoms with Crippen LogP contribution in [0.15, 0.2) is 30.5 Å². The van der Waals surface area contributed by atoms with E-state index in [1.165, 1.54) is 0 Å². The molecule has 1 aromatic heterocycles. The first-order chi connectivity index (χ1) is 11.7. The summed E-state index contributed by atoms with van der Waals surface area (Å²) < 4.78 is 0. The predicted molar refractivity (Wildman–Crippen MR) is 94.9 cm³/mol. The highest BCUT2D eigenvalue weighted by atomic mass is 16.2. The van der Waals surface area contributed by atoms with E-state index in [-0.39, 0.29) is 5.41 Å². The van der Waals surface area contributed by atoms with Gasteiger partial charge in [-0.2, -0.15) is 0 Å². The van der Waals surface area contributed by atoms with E-state index in [4.69, 9.17) is 4.98 Å². The van der Waals surface area contributed by atoms with Crippen LogP contribution in [0.3, 0.4) is 0 Å². The summed E-state index contributed by atoms with van der Waals surface area (Å²) in [5.41, 5.74) is 1.62. The fourth-order valence-corrected chi connectivity index (χ4v) is 4.18. The van der Waals surface area contributed by atoms with Gasteiger partial charge in [0.15, 0.2) is 0 Å². The van der Waals surface area contributed by atoms with Gasteiger partial charge in [0.2, 0.25) is 5.91 Å². The van der Waals surface area contributed by atoms with Crippen molar-refractivity contribution < 1.29 is 4.79 Å². The van der Waals surface area contributed by atoms with Crippen molar-refractivity contribution in [3.05, 3.63) is 30.5 Å². The highest BCUT2D eigenvalue weighted by molar-refractivity contribution is 5.85. The number of hydrogen-bond acceptors (Lipinski definition) is 4. The van der Waals surface area contributed by atoms with Gasteiger partial charge in [-0.25, -0.2) is 4.98 Å². The molecule has 1 aromatic carbocycles. The van der Waals surface area contributed by atoms with Gasteiger partial charge in [-0.1, -0.05) is 19.1 Å². The zero-order chi connectivity index (χ0) is 16.6. The van der Waals surface area contributed by atoms with Crippen LogP contribution in [0.25, 0.3) is 11.0 Å². The lowest BCUT2D eigenvalue weighted by molar-refractivity contribution is -0.145. The lowest BCUT2D eigenvalue weighted by Crippen LogP contribution is -2.50. The molecule has 2 aliphatic rings. The number of hydrogen-bond donors (Lipinski definition) is 0. The van der Waals surface area contributed by atoms with Crippen molar-refractivity contribution in [3.63, 3.8) is 0 Å². The van der Waals surface area contributed by atoms with Crippen LogP contribution in [0.1, 0.15) is 32.6 Å². The van der Waals surface area contributed by atoms with E-state index in [1.807, 2.05) is 30.5 Å². The molecular formula is C19H24N4O. The SMILES string of the molecule is CCCN1CCCC2(CCN(c3cnc4ccccc4n3)C2)C1=O. The Morgan fingerprint density at radius 1 is 1.17 bits per heavy atom. The second-order valence-corrected chi connectivity index (χ2v) is 7.06. The fraction of sp³-hybridized carbons (Fsp3) is 0.526. The van der Waals surface area contributed by atoms with Crippen LogP contribution in [-0.2, 0) is 4.79 Å². The van der Waals surface area contributed by atoms with E-state index in [0.29, 0.717) is 5.91 Å². The van der Waals surface area contributed by atoms with E-state index in [0.717, 1.165) is 68.7 Å². The van der Waals surface area contributed by atoms with Gasteiger partial charge in [-0.15, -0.1) is 0 Å². The van der Waals surface area contributed by atoms with Gasteiger partial charge in [0.25, 0.3) is 0 Å². The fourth-order valence-electron chi connectivity index (χ4n) is 4.18. The molecule has 0 N–H and O–H groups in total. The second-order valence-electron chi connectivity index (χ2n) is 7.06. The van der Waals surface area contributed by atoms with Gasteiger partial charge in [-0.05, 0) is 37.8 Å². The Bertz CT molecular complexity index is 760. The first kappa shape index (κ1) is 15.4. The van der Waals surface area contributed by atoms with Crippen molar-refractivity contribution in [2.45, 2.75) is 32.6 Å². The number of fused-ring (bicyclic) bond motifs is 1. The van der Waals surface area contributed by atoms with Crippen molar-refractivity contribution in [3.8, 4) is 0 Å². The molecule has 2 aromatic rings. The summed E-state index contributed by atoms with van der Waals surface area (Å²) in [5, 5.41) is 0. The molecule has 5 nitrogen and oxygen atoms in total. The van der Waals surface area contributed by atoms with Crippen molar-refractivity contribution in [2.24, 2.45) is 5.41 Å². The second kappa shape index (κ2) is 6.04. The summed E-state index contributed by atoms with van der Waals surface area (Å²) in [5.74, 6) is 1.25. The third-order valence-electron chi connectivity index (χ3n) is 5.43. The summed E-state index contributed by atoms with van der Waals surface area (Å²) >= 11 is 0. The zero-order valence-electron chi connectivity index (χ0n) is 14.2. The number of rotatable bonds is 3.